The van der Waals surface area contributed by atoms with E-state index in [2.05, 4.69) is 4.74 Å². The number of halogens is 3. The highest BCUT2D eigenvalue weighted by Gasteiger charge is 2.28. The van der Waals surface area contributed by atoms with Gasteiger partial charge in [0.2, 0.25) is 0 Å². The zero-order valence-corrected chi connectivity index (χ0v) is 8.29. The zero-order valence-electron chi connectivity index (χ0n) is 8.29. The summed E-state index contributed by atoms with van der Waals surface area (Å²) in [7, 11) is 0. The molecule has 3 nitrogen and oxygen atoms in total. The molecule has 2 atom stereocenters. The second-order valence-electron chi connectivity index (χ2n) is 3.65. The van der Waals surface area contributed by atoms with Gasteiger partial charge in [-0.15, -0.1) is 0 Å². The van der Waals surface area contributed by atoms with Crippen LogP contribution in [0.2, 0.25) is 0 Å². The molecule has 0 spiro atoms. The molecule has 0 aromatic heterocycles. The topological polar surface area (TPSA) is 38.7 Å². The Morgan fingerprint density at radius 1 is 1.47 bits per heavy atom. The van der Waals surface area contributed by atoms with Crippen molar-refractivity contribution >= 4 is 0 Å². The molecule has 90 valence electrons. The number of hydrogen-bond donors (Lipinski definition) is 1. The lowest BCUT2D eigenvalue weighted by Gasteiger charge is -2.16. The SMILES string of the molecule is OC(CCOCC(F)(F)F)C1CCOC1. The molecule has 1 aliphatic heterocycles. The van der Waals surface area contributed by atoms with Gasteiger partial charge in [-0.2, -0.15) is 13.2 Å². The van der Waals surface area contributed by atoms with E-state index in [1.54, 1.807) is 0 Å². The van der Waals surface area contributed by atoms with E-state index in [-0.39, 0.29) is 18.9 Å². The van der Waals surface area contributed by atoms with E-state index in [0.717, 1.165) is 6.42 Å². The normalized spacial score (nSPS) is 24.4. The summed E-state index contributed by atoms with van der Waals surface area (Å²) in [5, 5.41) is 9.54. The largest absolute Gasteiger partial charge is 0.411 e. The monoisotopic (exact) mass is 228 g/mol. The first-order valence-corrected chi connectivity index (χ1v) is 4.89. The highest BCUT2D eigenvalue weighted by Crippen LogP contribution is 2.19. The van der Waals surface area contributed by atoms with Crippen molar-refractivity contribution in [1.82, 2.24) is 0 Å². The van der Waals surface area contributed by atoms with Gasteiger partial charge >= 0.3 is 6.18 Å². The molecule has 0 bridgehead atoms. The Morgan fingerprint density at radius 3 is 2.73 bits per heavy atom. The summed E-state index contributed by atoms with van der Waals surface area (Å²) < 4.78 is 44.5. The Labute approximate surface area is 86.2 Å². The number of hydrogen-bond acceptors (Lipinski definition) is 3. The van der Waals surface area contributed by atoms with Gasteiger partial charge in [-0.1, -0.05) is 0 Å². The molecule has 0 aromatic rings. The maximum Gasteiger partial charge on any atom is 0.411 e. The van der Waals surface area contributed by atoms with Crippen molar-refractivity contribution in [2.24, 2.45) is 5.92 Å². The average molecular weight is 228 g/mol. The van der Waals surface area contributed by atoms with Crippen LogP contribution in [0.1, 0.15) is 12.8 Å². The van der Waals surface area contributed by atoms with Gasteiger partial charge in [-0.3, -0.25) is 0 Å². The molecule has 1 aliphatic rings. The van der Waals surface area contributed by atoms with Gasteiger partial charge in [-0.25, -0.2) is 0 Å². The lowest BCUT2D eigenvalue weighted by molar-refractivity contribution is -0.175. The van der Waals surface area contributed by atoms with Gasteiger partial charge in [0.15, 0.2) is 0 Å². The summed E-state index contributed by atoms with van der Waals surface area (Å²) in [6, 6.07) is 0. The number of aliphatic hydroxyl groups is 1. The van der Waals surface area contributed by atoms with E-state index < -0.39 is 18.9 Å². The Morgan fingerprint density at radius 2 is 2.20 bits per heavy atom. The average Bonchev–Trinajstić information content (AvgIpc) is 2.63. The Balaban J connectivity index is 2.04. The minimum absolute atomic E-state index is 0.0412. The van der Waals surface area contributed by atoms with Gasteiger partial charge in [0, 0.05) is 19.1 Å². The van der Waals surface area contributed by atoms with E-state index in [9.17, 15) is 18.3 Å². The Hall–Kier alpha value is -0.330. The third-order valence-corrected chi connectivity index (χ3v) is 2.33. The van der Waals surface area contributed by atoms with Crippen LogP contribution in [-0.4, -0.2) is 43.8 Å². The number of ether oxygens (including phenoxy) is 2. The van der Waals surface area contributed by atoms with Crippen LogP contribution >= 0.6 is 0 Å². The molecular weight excluding hydrogens is 213 g/mol. The standard InChI is InChI=1S/C9H15F3O3/c10-9(11,12)6-15-4-2-8(13)7-1-3-14-5-7/h7-8,13H,1-6H2. The second kappa shape index (κ2) is 5.67. The van der Waals surface area contributed by atoms with E-state index in [1.807, 2.05) is 0 Å². The maximum atomic E-state index is 11.7. The lowest BCUT2D eigenvalue weighted by Crippen LogP contribution is -2.24. The molecule has 15 heavy (non-hydrogen) atoms. The summed E-state index contributed by atoms with van der Waals surface area (Å²) in [5.74, 6) is 0.0412. The van der Waals surface area contributed by atoms with Crippen molar-refractivity contribution in [3.8, 4) is 0 Å². The summed E-state index contributed by atoms with van der Waals surface area (Å²) >= 11 is 0. The molecule has 0 aliphatic carbocycles. The highest BCUT2D eigenvalue weighted by atomic mass is 19.4. The molecule has 1 N–H and O–H groups in total. The molecule has 1 fully saturated rings. The van der Waals surface area contributed by atoms with Gasteiger partial charge in [0.05, 0.1) is 12.7 Å². The molecule has 0 saturated carbocycles. The van der Waals surface area contributed by atoms with E-state index in [1.165, 1.54) is 0 Å². The van der Waals surface area contributed by atoms with Crippen molar-refractivity contribution < 1.29 is 27.8 Å². The van der Waals surface area contributed by atoms with Crippen molar-refractivity contribution in [1.29, 1.82) is 0 Å². The molecule has 0 aromatic carbocycles. The van der Waals surface area contributed by atoms with Gasteiger partial charge < -0.3 is 14.6 Å². The molecule has 1 heterocycles. The zero-order chi connectivity index (χ0) is 11.3. The van der Waals surface area contributed by atoms with Gasteiger partial charge in [-0.05, 0) is 12.8 Å². The first kappa shape index (κ1) is 12.7. The Bertz CT molecular complexity index is 178. The van der Waals surface area contributed by atoms with Crippen LogP contribution in [0.15, 0.2) is 0 Å². The van der Waals surface area contributed by atoms with Crippen molar-refractivity contribution in [3.05, 3.63) is 0 Å². The van der Waals surface area contributed by atoms with E-state index in [0.29, 0.717) is 13.2 Å². The number of rotatable bonds is 5. The molecular formula is C9H15F3O3. The van der Waals surface area contributed by atoms with Crippen LogP contribution in [0.25, 0.3) is 0 Å². The first-order valence-electron chi connectivity index (χ1n) is 4.89. The minimum atomic E-state index is -4.29. The quantitative estimate of drug-likeness (QED) is 0.722. The maximum absolute atomic E-state index is 11.7. The fourth-order valence-corrected chi connectivity index (χ4v) is 1.48. The second-order valence-corrected chi connectivity index (χ2v) is 3.65. The molecule has 0 amide bonds. The van der Waals surface area contributed by atoms with Crippen LogP contribution in [0.3, 0.4) is 0 Å². The third kappa shape index (κ3) is 5.34. The fraction of sp³-hybridized carbons (Fsp3) is 1.00. The third-order valence-electron chi connectivity index (χ3n) is 2.33. The molecule has 1 rings (SSSR count). The van der Waals surface area contributed by atoms with Crippen LogP contribution in [0, 0.1) is 5.92 Å². The molecule has 0 radical (unpaired) electrons. The predicted octanol–water partition coefficient (Wildman–Crippen LogP) is 1.35. The number of alkyl halides is 3. The van der Waals surface area contributed by atoms with Gasteiger partial charge in [0.1, 0.15) is 6.61 Å². The summed E-state index contributed by atoms with van der Waals surface area (Å²) in [4.78, 5) is 0. The number of aliphatic hydroxyl groups excluding tert-OH is 1. The molecule has 1 saturated heterocycles. The van der Waals surface area contributed by atoms with Crippen molar-refractivity contribution in [2.45, 2.75) is 25.1 Å². The minimum Gasteiger partial charge on any atom is -0.393 e. The predicted molar refractivity (Wildman–Crippen MR) is 46.4 cm³/mol. The van der Waals surface area contributed by atoms with Crippen LogP contribution in [0.5, 0.6) is 0 Å². The fourth-order valence-electron chi connectivity index (χ4n) is 1.48. The van der Waals surface area contributed by atoms with Crippen molar-refractivity contribution in [2.75, 3.05) is 26.4 Å². The highest BCUT2D eigenvalue weighted by molar-refractivity contribution is 4.72. The van der Waals surface area contributed by atoms with Crippen molar-refractivity contribution in [3.63, 3.8) is 0 Å². The molecule has 6 heteroatoms. The summed E-state index contributed by atoms with van der Waals surface area (Å²) in [6.07, 6.45) is -3.92. The molecule has 2 unspecified atom stereocenters. The lowest BCUT2D eigenvalue weighted by atomic mass is 10.00. The smallest absolute Gasteiger partial charge is 0.393 e. The van der Waals surface area contributed by atoms with Crippen LogP contribution in [-0.2, 0) is 9.47 Å². The first-order chi connectivity index (χ1) is 6.99. The Kier molecular flexibility index (Phi) is 4.82. The van der Waals surface area contributed by atoms with Crippen LogP contribution < -0.4 is 0 Å². The summed E-state index contributed by atoms with van der Waals surface area (Å²) in [5.41, 5.74) is 0. The summed E-state index contributed by atoms with van der Waals surface area (Å²) in [6.45, 7) is -0.219. The van der Waals surface area contributed by atoms with E-state index in [4.69, 9.17) is 4.74 Å². The van der Waals surface area contributed by atoms with E-state index >= 15 is 0 Å². The van der Waals surface area contributed by atoms with Gasteiger partial charge in [0.25, 0.3) is 0 Å². The van der Waals surface area contributed by atoms with Crippen LogP contribution in [0.4, 0.5) is 13.2 Å².